The van der Waals surface area contributed by atoms with Gasteiger partial charge in [-0.05, 0) is 26.3 Å². The molecule has 0 spiro atoms. The number of hydrogen-bond acceptors (Lipinski definition) is 4. The van der Waals surface area contributed by atoms with Crippen molar-refractivity contribution in [3.05, 3.63) is 0 Å². The minimum atomic E-state index is -0.0739. The Morgan fingerprint density at radius 2 is 2.22 bits per heavy atom. The van der Waals surface area contributed by atoms with Gasteiger partial charge in [-0.25, -0.2) is 0 Å². The third-order valence-electron chi connectivity index (χ3n) is 3.33. The predicted molar refractivity (Wildman–Crippen MR) is 70.3 cm³/mol. The Morgan fingerprint density at radius 3 is 2.83 bits per heavy atom. The topological polar surface area (TPSA) is 61.8 Å². The molecule has 106 valence electrons. The van der Waals surface area contributed by atoms with Gasteiger partial charge in [-0.1, -0.05) is 6.92 Å². The highest BCUT2D eigenvalue weighted by Gasteiger charge is 2.35. The number of nitrogens with zero attached hydrogens (tertiary/aromatic N) is 1. The fraction of sp³-hybridized carbons (Fsp3) is 0.923. The molecule has 0 saturated carbocycles. The van der Waals surface area contributed by atoms with Crippen molar-refractivity contribution >= 4 is 5.91 Å². The second-order valence-corrected chi connectivity index (χ2v) is 4.70. The van der Waals surface area contributed by atoms with Gasteiger partial charge in [0.15, 0.2) is 0 Å². The second-order valence-electron chi connectivity index (χ2n) is 4.70. The summed E-state index contributed by atoms with van der Waals surface area (Å²) in [5.41, 5.74) is 0. The van der Waals surface area contributed by atoms with Crippen molar-refractivity contribution in [3.63, 3.8) is 0 Å². The first-order valence-electron chi connectivity index (χ1n) is 6.95. The van der Waals surface area contributed by atoms with E-state index in [2.05, 4.69) is 12.2 Å². The number of carbonyl (C=O) groups is 1. The van der Waals surface area contributed by atoms with Crippen LogP contribution in [-0.4, -0.2) is 61.4 Å². The third-order valence-corrected chi connectivity index (χ3v) is 3.33. The third kappa shape index (κ3) is 4.23. The molecular formula is C13H26N2O3. The molecular weight excluding hydrogens is 232 g/mol. The summed E-state index contributed by atoms with van der Waals surface area (Å²) >= 11 is 0. The molecule has 5 heteroatoms. The van der Waals surface area contributed by atoms with Gasteiger partial charge in [0.1, 0.15) is 0 Å². The van der Waals surface area contributed by atoms with Crippen LogP contribution < -0.4 is 5.32 Å². The van der Waals surface area contributed by atoms with Gasteiger partial charge in [0, 0.05) is 25.7 Å². The number of carbonyl (C=O) groups excluding carboxylic acids is 1. The van der Waals surface area contributed by atoms with Crippen molar-refractivity contribution in [1.82, 2.24) is 10.2 Å². The molecule has 2 unspecified atom stereocenters. The Morgan fingerprint density at radius 1 is 1.44 bits per heavy atom. The summed E-state index contributed by atoms with van der Waals surface area (Å²) in [6.07, 6.45) is 1.69. The average Bonchev–Trinajstić information content (AvgIpc) is 2.85. The Labute approximate surface area is 109 Å². The fourth-order valence-corrected chi connectivity index (χ4v) is 2.25. The molecule has 0 radical (unpaired) electrons. The van der Waals surface area contributed by atoms with Gasteiger partial charge in [0.2, 0.25) is 5.91 Å². The zero-order chi connectivity index (χ0) is 13.4. The van der Waals surface area contributed by atoms with Crippen LogP contribution in [0.5, 0.6) is 0 Å². The number of nitrogens with one attached hydrogen (secondary N) is 1. The van der Waals surface area contributed by atoms with Crippen LogP contribution in [0.25, 0.3) is 0 Å². The summed E-state index contributed by atoms with van der Waals surface area (Å²) in [5, 5.41) is 12.2. The van der Waals surface area contributed by atoms with Crippen molar-refractivity contribution < 1.29 is 14.6 Å². The van der Waals surface area contributed by atoms with Crippen LogP contribution in [0.3, 0.4) is 0 Å². The minimum Gasteiger partial charge on any atom is -0.396 e. The molecule has 2 atom stereocenters. The first-order valence-corrected chi connectivity index (χ1v) is 6.95. The minimum absolute atomic E-state index is 0.0739. The summed E-state index contributed by atoms with van der Waals surface area (Å²) in [6, 6.07) is 0.139. The molecule has 1 fully saturated rings. The number of ether oxygens (including phenoxy) is 1. The van der Waals surface area contributed by atoms with E-state index in [0.717, 1.165) is 13.0 Å². The number of amides is 1. The Balaban J connectivity index is 2.51. The highest BCUT2D eigenvalue weighted by atomic mass is 16.5. The lowest BCUT2D eigenvalue weighted by Crippen LogP contribution is -2.46. The molecule has 5 nitrogen and oxygen atoms in total. The summed E-state index contributed by atoms with van der Waals surface area (Å²) < 4.78 is 5.43. The maximum atomic E-state index is 12.4. The number of hydrogen-bond donors (Lipinski definition) is 2. The van der Waals surface area contributed by atoms with Gasteiger partial charge in [-0.15, -0.1) is 0 Å². The predicted octanol–water partition coefficient (Wildman–Crippen LogP) is 0.232. The number of aliphatic hydroxyl groups is 1. The van der Waals surface area contributed by atoms with Crippen LogP contribution in [0.1, 0.15) is 26.7 Å². The first kappa shape index (κ1) is 15.4. The monoisotopic (exact) mass is 258 g/mol. The summed E-state index contributed by atoms with van der Waals surface area (Å²) in [7, 11) is 0. The second kappa shape index (κ2) is 8.45. The van der Waals surface area contributed by atoms with Crippen molar-refractivity contribution in [3.8, 4) is 0 Å². The lowest BCUT2D eigenvalue weighted by molar-refractivity contribution is -0.136. The Bertz CT molecular complexity index is 248. The largest absolute Gasteiger partial charge is 0.396 e. The van der Waals surface area contributed by atoms with E-state index in [-0.39, 0.29) is 24.5 Å². The summed E-state index contributed by atoms with van der Waals surface area (Å²) in [4.78, 5) is 14.2. The molecule has 2 N–H and O–H groups in total. The molecule has 1 aliphatic heterocycles. The fourth-order valence-electron chi connectivity index (χ4n) is 2.25. The van der Waals surface area contributed by atoms with E-state index in [1.54, 1.807) is 0 Å². The zero-order valence-corrected chi connectivity index (χ0v) is 11.5. The van der Waals surface area contributed by atoms with Crippen molar-refractivity contribution in [2.75, 3.05) is 39.5 Å². The molecule has 0 aromatic rings. The molecule has 0 bridgehead atoms. The molecule has 18 heavy (non-hydrogen) atoms. The van der Waals surface area contributed by atoms with Gasteiger partial charge in [-0.3, -0.25) is 4.79 Å². The molecule has 1 rings (SSSR count). The highest BCUT2D eigenvalue weighted by Crippen LogP contribution is 2.17. The molecule has 0 aromatic carbocycles. The van der Waals surface area contributed by atoms with E-state index in [1.165, 1.54) is 0 Å². The average molecular weight is 258 g/mol. The summed E-state index contributed by atoms with van der Waals surface area (Å²) in [6.45, 7) is 7.57. The molecule has 0 aromatic heterocycles. The van der Waals surface area contributed by atoms with Gasteiger partial charge in [0.05, 0.1) is 19.1 Å². The van der Waals surface area contributed by atoms with E-state index in [4.69, 9.17) is 9.84 Å². The molecule has 1 heterocycles. The van der Waals surface area contributed by atoms with Crippen molar-refractivity contribution in [2.24, 2.45) is 5.92 Å². The molecule has 0 aliphatic carbocycles. The molecule has 1 aliphatic rings. The van der Waals surface area contributed by atoms with Crippen LogP contribution >= 0.6 is 0 Å². The smallest absolute Gasteiger partial charge is 0.229 e. The van der Waals surface area contributed by atoms with Crippen LogP contribution in [0.15, 0.2) is 0 Å². The van der Waals surface area contributed by atoms with Gasteiger partial charge < -0.3 is 20.1 Å². The van der Waals surface area contributed by atoms with Crippen molar-refractivity contribution in [1.29, 1.82) is 0 Å². The van der Waals surface area contributed by atoms with Crippen LogP contribution in [-0.2, 0) is 9.53 Å². The van der Waals surface area contributed by atoms with Crippen LogP contribution in [0.2, 0.25) is 0 Å². The number of aliphatic hydroxyl groups excluding tert-OH is 1. The van der Waals surface area contributed by atoms with E-state index in [9.17, 15) is 4.79 Å². The van der Waals surface area contributed by atoms with E-state index < -0.39 is 0 Å². The van der Waals surface area contributed by atoms with E-state index in [0.29, 0.717) is 32.7 Å². The highest BCUT2D eigenvalue weighted by molar-refractivity contribution is 5.80. The Hall–Kier alpha value is -0.650. The zero-order valence-electron chi connectivity index (χ0n) is 11.5. The lowest BCUT2D eigenvalue weighted by atomic mass is 10.0. The molecule has 1 amide bonds. The molecule has 1 saturated heterocycles. The SMILES string of the molecule is CCCNC1COCC1C(=O)N(CC)CCCO. The van der Waals surface area contributed by atoms with E-state index >= 15 is 0 Å². The number of rotatable bonds is 8. The van der Waals surface area contributed by atoms with E-state index in [1.807, 2.05) is 11.8 Å². The quantitative estimate of drug-likeness (QED) is 0.654. The van der Waals surface area contributed by atoms with Gasteiger partial charge in [-0.2, -0.15) is 0 Å². The van der Waals surface area contributed by atoms with Gasteiger partial charge >= 0.3 is 0 Å². The van der Waals surface area contributed by atoms with Crippen molar-refractivity contribution in [2.45, 2.75) is 32.7 Å². The Kier molecular flexibility index (Phi) is 7.23. The summed E-state index contributed by atoms with van der Waals surface area (Å²) in [5.74, 6) is 0.0762. The maximum Gasteiger partial charge on any atom is 0.229 e. The first-order chi connectivity index (χ1) is 8.74. The lowest BCUT2D eigenvalue weighted by Gasteiger charge is -2.26. The standard InChI is InChI=1S/C13H26N2O3/c1-3-6-14-12-10-18-9-11(12)13(17)15(4-2)7-5-8-16/h11-12,14,16H,3-10H2,1-2H3. The van der Waals surface area contributed by atoms with Crippen LogP contribution in [0.4, 0.5) is 0 Å². The van der Waals surface area contributed by atoms with Crippen LogP contribution in [0, 0.1) is 5.92 Å². The van der Waals surface area contributed by atoms with Gasteiger partial charge in [0.25, 0.3) is 0 Å². The maximum absolute atomic E-state index is 12.4. The normalized spacial score (nSPS) is 23.3.